The van der Waals surface area contributed by atoms with E-state index in [1.165, 1.54) is 0 Å². The number of aryl methyl sites for hydroxylation is 1. The highest BCUT2D eigenvalue weighted by Crippen LogP contribution is 2.21. The van der Waals surface area contributed by atoms with Gasteiger partial charge in [-0.15, -0.1) is 0 Å². The highest BCUT2D eigenvalue weighted by Gasteiger charge is 2.29. The second-order valence-electron chi connectivity index (χ2n) is 8.87. The monoisotopic (exact) mass is 449 g/mol. The SMILES string of the molecule is Cc1ccc(C(=O)Nc2cccc(C(=O)N3CCCC(C(=O)NCC4CCCO4)C3)c2)cc1. The molecule has 2 aliphatic rings. The molecule has 2 aromatic carbocycles. The molecule has 0 radical (unpaired) electrons. The summed E-state index contributed by atoms with van der Waals surface area (Å²) < 4.78 is 5.57. The van der Waals surface area contributed by atoms with E-state index in [1.54, 1.807) is 41.3 Å². The lowest BCUT2D eigenvalue weighted by Gasteiger charge is -2.32. The molecule has 3 amide bonds. The van der Waals surface area contributed by atoms with Gasteiger partial charge in [-0.25, -0.2) is 0 Å². The number of hydrogen-bond donors (Lipinski definition) is 2. The van der Waals surface area contributed by atoms with Crippen LogP contribution in [-0.2, 0) is 9.53 Å². The molecule has 7 heteroatoms. The predicted octanol–water partition coefficient (Wildman–Crippen LogP) is 3.39. The third-order valence-corrected chi connectivity index (χ3v) is 6.29. The first-order valence-corrected chi connectivity index (χ1v) is 11.7. The Bertz CT molecular complexity index is 999. The van der Waals surface area contributed by atoms with E-state index in [0.717, 1.165) is 37.9 Å². The van der Waals surface area contributed by atoms with Crippen molar-refractivity contribution < 1.29 is 19.1 Å². The van der Waals surface area contributed by atoms with Crippen LogP contribution in [0.1, 0.15) is 52.0 Å². The van der Waals surface area contributed by atoms with Crippen molar-refractivity contribution in [3.63, 3.8) is 0 Å². The molecule has 2 N–H and O–H groups in total. The lowest BCUT2D eigenvalue weighted by atomic mass is 9.96. The summed E-state index contributed by atoms with van der Waals surface area (Å²) in [5.74, 6) is -0.575. The molecule has 2 saturated heterocycles. The number of ether oxygens (including phenoxy) is 1. The van der Waals surface area contributed by atoms with Crippen LogP contribution in [0.25, 0.3) is 0 Å². The average Bonchev–Trinajstić information content (AvgIpc) is 3.36. The average molecular weight is 450 g/mol. The van der Waals surface area contributed by atoms with Gasteiger partial charge in [0.25, 0.3) is 11.8 Å². The van der Waals surface area contributed by atoms with Gasteiger partial charge in [0.1, 0.15) is 0 Å². The smallest absolute Gasteiger partial charge is 0.255 e. The van der Waals surface area contributed by atoms with E-state index in [2.05, 4.69) is 10.6 Å². The highest BCUT2D eigenvalue weighted by atomic mass is 16.5. The van der Waals surface area contributed by atoms with Crippen molar-refractivity contribution in [1.82, 2.24) is 10.2 Å². The minimum Gasteiger partial charge on any atom is -0.376 e. The molecule has 0 aliphatic carbocycles. The molecular formula is C26H31N3O4. The van der Waals surface area contributed by atoms with E-state index in [4.69, 9.17) is 4.74 Å². The number of benzene rings is 2. The Kier molecular flexibility index (Phi) is 7.40. The number of anilines is 1. The van der Waals surface area contributed by atoms with E-state index < -0.39 is 0 Å². The van der Waals surface area contributed by atoms with Crippen LogP contribution < -0.4 is 10.6 Å². The standard InChI is InChI=1S/C26H31N3O4/c1-18-9-11-19(12-10-18)25(31)28-22-7-2-5-20(15-22)26(32)29-13-3-6-21(17-29)24(30)27-16-23-8-4-14-33-23/h2,5,7,9-12,15,21,23H,3-4,6,8,13-14,16-17H2,1H3,(H,27,30)(H,28,31). The molecule has 2 unspecified atom stereocenters. The zero-order valence-corrected chi connectivity index (χ0v) is 19.0. The summed E-state index contributed by atoms with van der Waals surface area (Å²) in [6.07, 6.45) is 3.68. The van der Waals surface area contributed by atoms with E-state index in [0.29, 0.717) is 36.4 Å². The highest BCUT2D eigenvalue weighted by molar-refractivity contribution is 6.05. The zero-order chi connectivity index (χ0) is 23.2. The van der Waals surface area contributed by atoms with Gasteiger partial charge in [0.2, 0.25) is 5.91 Å². The van der Waals surface area contributed by atoms with Crippen LogP contribution in [-0.4, -0.2) is 55.0 Å². The summed E-state index contributed by atoms with van der Waals surface area (Å²) in [7, 11) is 0. The first kappa shape index (κ1) is 23.0. The van der Waals surface area contributed by atoms with Crippen molar-refractivity contribution in [3.8, 4) is 0 Å². The van der Waals surface area contributed by atoms with Crippen molar-refractivity contribution >= 4 is 23.4 Å². The second kappa shape index (κ2) is 10.6. The molecule has 4 rings (SSSR count). The van der Waals surface area contributed by atoms with Gasteiger partial charge in [-0.1, -0.05) is 23.8 Å². The van der Waals surface area contributed by atoms with Crippen LogP contribution in [0.2, 0.25) is 0 Å². The zero-order valence-electron chi connectivity index (χ0n) is 19.0. The maximum atomic E-state index is 13.1. The van der Waals surface area contributed by atoms with Gasteiger partial charge in [0, 0.05) is 43.1 Å². The second-order valence-corrected chi connectivity index (χ2v) is 8.87. The molecule has 33 heavy (non-hydrogen) atoms. The molecule has 0 saturated carbocycles. The number of carbonyl (C=O) groups excluding carboxylic acids is 3. The molecule has 174 valence electrons. The number of nitrogens with one attached hydrogen (secondary N) is 2. The van der Waals surface area contributed by atoms with Gasteiger partial charge in [0.15, 0.2) is 0 Å². The Morgan fingerprint density at radius 2 is 1.85 bits per heavy atom. The van der Waals surface area contributed by atoms with Crippen molar-refractivity contribution in [1.29, 1.82) is 0 Å². The molecule has 2 fully saturated rings. The molecule has 2 aliphatic heterocycles. The predicted molar refractivity (Wildman–Crippen MR) is 126 cm³/mol. The summed E-state index contributed by atoms with van der Waals surface area (Å²) >= 11 is 0. The summed E-state index contributed by atoms with van der Waals surface area (Å²) in [6, 6.07) is 14.3. The number of rotatable bonds is 6. The van der Waals surface area contributed by atoms with Crippen LogP contribution in [0.5, 0.6) is 0 Å². The van der Waals surface area contributed by atoms with Crippen molar-refractivity contribution in [2.24, 2.45) is 5.92 Å². The van der Waals surface area contributed by atoms with Gasteiger partial charge in [-0.3, -0.25) is 14.4 Å². The Morgan fingerprint density at radius 1 is 1.03 bits per heavy atom. The van der Waals surface area contributed by atoms with Crippen LogP contribution >= 0.6 is 0 Å². The summed E-state index contributed by atoms with van der Waals surface area (Å²) in [5, 5.41) is 5.85. The number of hydrogen-bond acceptors (Lipinski definition) is 4. The molecule has 2 atom stereocenters. The quantitative estimate of drug-likeness (QED) is 0.708. The van der Waals surface area contributed by atoms with E-state index >= 15 is 0 Å². The number of carbonyl (C=O) groups is 3. The van der Waals surface area contributed by atoms with Gasteiger partial charge in [-0.2, -0.15) is 0 Å². The number of nitrogens with zero attached hydrogens (tertiary/aromatic N) is 1. The minimum absolute atomic E-state index is 0.0119. The fourth-order valence-corrected chi connectivity index (χ4v) is 4.36. The van der Waals surface area contributed by atoms with Gasteiger partial charge in [-0.05, 0) is 62.9 Å². The fourth-order valence-electron chi connectivity index (χ4n) is 4.36. The van der Waals surface area contributed by atoms with Gasteiger partial charge >= 0.3 is 0 Å². The largest absolute Gasteiger partial charge is 0.376 e. The summed E-state index contributed by atoms with van der Waals surface area (Å²) in [6.45, 7) is 4.28. The summed E-state index contributed by atoms with van der Waals surface area (Å²) in [5.41, 5.74) is 2.70. The third kappa shape index (κ3) is 5.99. The number of amides is 3. The molecular weight excluding hydrogens is 418 g/mol. The van der Waals surface area contributed by atoms with Crippen LogP contribution in [0, 0.1) is 12.8 Å². The van der Waals surface area contributed by atoms with Crippen LogP contribution in [0.3, 0.4) is 0 Å². The fraction of sp³-hybridized carbons (Fsp3) is 0.423. The van der Waals surface area contributed by atoms with Crippen LogP contribution in [0.4, 0.5) is 5.69 Å². The molecule has 0 aromatic heterocycles. The molecule has 2 aromatic rings. The Morgan fingerprint density at radius 3 is 2.61 bits per heavy atom. The van der Waals surface area contributed by atoms with Gasteiger partial charge < -0.3 is 20.3 Å². The van der Waals surface area contributed by atoms with Crippen LogP contribution in [0.15, 0.2) is 48.5 Å². The van der Waals surface area contributed by atoms with E-state index in [-0.39, 0.29) is 29.7 Å². The van der Waals surface area contributed by atoms with Gasteiger partial charge in [0.05, 0.1) is 12.0 Å². The normalized spacial score (nSPS) is 20.3. The minimum atomic E-state index is -0.222. The Hall–Kier alpha value is -3.19. The van der Waals surface area contributed by atoms with Crippen molar-refractivity contribution in [2.75, 3.05) is 31.6 Å². The molecule has 2 heterocycles. The topological polar surface area (TPSA) is 87.7 Å². The van der Waals surface area contributed by atoms with E-state index in [9.17, 15) is 14.4 Å². The van der Waals surface area contributed by atoms with Crippen molar-refractivity contribution in [2.45, 2.75) is 38.7 Å². The maximum absolute atomic E-state index is 13.1. The first-order chi connectivity index (χ1) is 16.0. The molecule has 0 bridgehead atoms. The lowest BCUT2D eigenvalue weighted by Crippen LogP contribution is -2.46. The first-order valence-electron chi connectivity index (χ1n) is 11.7. The number of likely N-dealkylation sites (tertiary alicyclic amines) is 1. The third-order valence-electron chi connectivity index (χ3n) is 6.29. The Labute approximate surface area is 194 Å². The Balaban J connectivity index is 1.35. The number of piperidine rings is 1. The molecule has 7 nitrogen and oxygen atoms in total. The maximum Gasteiger partial charge on any atom is 0.255 e. The van der Waals surface area contributed by atoms with Crippen molar-refractivity contribution in [3.05, 3.63) is 65.2 Å². The van der Waals surface area contributed by atoms with E-state index in [1.807, 2.05) is 19.1 Å². The lowest BCUT2D eigenvalue weighted by molar-refractivity contribution is -0.126. The molecule has 0 spiro atoms. The summed E-state index contributed by atoms with van der Waals surface area (Å²) in [4.78, 5) is 40.0.